The Balaban J connectivity index is 2.82. The highest BCUT2D eigenvalue weighted by molar-refractivity contribution is 6.71. The van der Waals surface area contributed by atoms with E-state index in [1.54, 1.807) is 0 Å². The fourth-order valence-corrected chi connectivity index (χ4v) is 4.15. The Labute approximate surface area is 132 Å². The molecule has 0 fully saturated rings. The summed E-state index contributed by atoms with van der Waals surface area (Å²) in [5.74, 6) is 0. The van der Waals surface area contributed by atoms with Crippen LogP contribution in [0.2, 0.25) is 19.6 Å². The predicted octanol–water partition coefficient (Wildman–Crippen LogP) is 5.60. The third kappa shape index (κ3) is 5.64. The average Bonchev–Trinajstić information content (AvgIpc) is 2.24. The van der Waals surface area contributed by atoms with E-state index in [4.69, 9.17) is 39.2 Å². The van der Waals surface area contributed by atoms with E-state index >= 15 is 0 Å². The van der Waals surface area contributed by atoms with E-state index in [-0.39, 0.29) is 0 Å². The third-order valence-corrected chi connectivity index (χ3v) is 5.13. The van der Waals surface area contributed by atoms with Gasteiger partial charge in [-0.25, -0.2) is 0 Å². The van der Waals surface area contributed by atoms with Gasteiger partial charge in [0.2, 0.25) is 3.79 Å². The Morgan fingerprint density at radius 1 is 1.05 bits per heavy atom. The lowest BCUT2D eigenvalue weighted by Crippen LogP contribution is -2.49. The van der Waals surface area contributed by atoms with Crippen molar-refractivity contribution in [2.24, 2.45) is 0 Å². The van der Waals surface area contributed by atoms with Crippen molar-refractivity contribution in [1.29, 1.82) is 0 Å². The summed E-state index contributed by atoms with van der Waals surface area (Å²) >= 11 is 18.4. The molecule has 0 aliphatic rings. The molecule has 0 heterocycles. The number of aryl methyl sites for hydroxylation is 1. The fraction of sp³-hybridized carbons (Fsp3) is 0.571. The van der Waals surface area contributed by atoms with E-state index in [1.165, 1.54) is 5.56 Å². The fourth-order valence-electron chi connectivity index (χ4n) is 1.95. The van der Waals surface area contributed by atoms with E-state index in [0.717, 1.165) is 6.42 Å². The minimum Gasteiger partial charge on any atom is -0.408 e. The molecule has 1 atom stereocenters. The molecule has 1 nitrogen and oxygen atoms in total. The second-order valence-corrected chi connectivity index (χ2v) is 12.6. The van der Waals surface area contributed by atoms with Gasteiger partial charge in [0.15, 0.2) is 8.32 Å². The van der Waals surface area contributed by atoms with Crippen molar-refractivity contribution in [1.82, 2.24) is 0 Å². The summed E-state index contributed by atoms with van der Waals surface area (Å²) in [4.78, 5) is 0. The molecular weight excluding hydrogens is 319 g/mol. The second-order valence-electron chi connectivity index (χ2n) is 5.93. The highest BCUT2D eigenvalue weighted by Crippen LogP contribution is 2.44. The molecule has 0 aliphatic heterocycles. The molecule has 0 saturated carbocycles. The van der Waals surface area contributed by atoms with Crippen LogP contribution >= 0.6 is 34.8 Å². The maximum atomic E-state index is 6.15. The van der Waals surface area contributed by atoms with Crippen molar-refractivity contribution < 1.29 is 4.43 Å². The Morgan fingerprint density at radius 2 is 1.58 bits per heavy atom. The van der Waals surface area contributed by atoms with Crippen molar-refractivity contribution in [3.8, 4) is 0 Å². The monoisotopic (exact) mass is 338 g/mol. The first-order valence-electron chi connectivity index (χ1n) is 6.34. The van der Waals surface area contributed by atoms with Gasteiger partial charge in [-0.15, -0.1) is 0 Å². The molecule has 108 valence electrons. The van der Waals surface area contributed by atoms with Crippen LogP contribution in [0.4, 0.5) is 0 Å². The molecule has 1 aromatic carbocycles. The summed E-state index contributed by atoms with van der Waals surface area (Å²) in [5, 5.41) is 0. The van der Waals surface area contributed by atoms with Crippen LogP contribution in [0.1, 0.15) is 18.9 Å². The van der Waals surface area contributed by atoms with Crippen molar-refractivity contribution >= 4 is 43.1 Å². The van der Waals surface area contributed by atoms with Gasteiger partial charge in [-0.05, 0) is 45.0 Å². The molecule has 0 N–H and O–H groups in total. The van der Waals surface area contributed by atoms with Crippen LogP contribution in [0.3, 0.4) is 0 Å². The molecule has 0 amide bonds. The van der Waals surface area contributed by atoms with Gasteiger partial charge in [0.1, 0.15) is 5.60 Å². The zero-order valence-electron chi connectivity index (χ0n) is 11.8. The lowest BCUT2D eigenvalue weighted by atomic mass is 9.98. The van der Waals surface area contributed by atoms with Gasteiger partial charge in [0, 0.05) is 0 Å². The summed E-state index contributed by atoms with van der Waals surface area (Å²) in [6, 6.07) is 10.2. The molecule has 0 spiro atoms. The maximum absolute atomic E-state index is 6.15. The molecule has 0 saturated heterocycles. The van der Waals surface area contributed by atoms with Crippen LogP contribution in [0.25, 0.3) is 0 Å². The van der Waals surface area contributed by atoms with E-state index in [1.807, 2.05) is 25.1 Å². The lowest BCUT2D eigenvalue weighted by molar-refractivity contribution is 0.0752. The number of benzene rings is 1. The summed E-state index contributed by atoms with van der Waals surface area (Å²) in [6.45, 7) is 8.19. The standard InChI is InChI=1S/C14H21Cl3OSi/c1-13(14(15,16)17,18-19(2,3)4)11-10-12-8-6-5-7-9-12/h5-9H,10-11H2,1-4H3. The van der Waals surface area contributed by atoms with Crippen LogP contribution in [0.5, 0.6) is 0 Å². The first-order chi connectivity index (χ1) is 8.54. The first kappa shape index (κ1) is 17.3. The third-order valence-electron chi connectivity index (χ3n) is 2.86. The smallest absolute Gasteiger partial charge is 0.217 e. The van der Waals surface area contributed by atoms with Crippen LogP contribution in [0, 0.1) is 0 Å². The zero-order chi connectivity index (χ0) is 14.7. The van der Waals surface area contributed by atoms with E-state index in [9.17, 15) is 0 Å². The van der Waals surface area contributed by atoms with Gasteiger partial charge in [0.25, 0.3) is 0 Å². The molecule has 1 unspecified atom stereocenters. The van der Waals surface area contributed by atoms with Gasteiger partial charge in [-0.2, -0.15) is 0 Å². The number of alkyl halides is 3. The van der Waals surface area contributed by atoms with Crippen molar-refractivity contribution in [3.05, 3.63) is 35.9 Å². The quantitative estimate of drug-likeness (QED) is 0.501. The molecule has 0 bridgehead atoms. The van der Waals surface area contributed by atoms with Crippen LogP contribution in [-0.2, 0) is 10.8 Å². The molecule has 0 radical (unpaired) electrons. The largest absolute Gasteiger partial charge is 0.408 e. The first-order valence-corrected chi connectivity index (χ1v) is 10.9. The number of rotatable bonds is 5. The molecular formula is C14H21Cl3OSi. The normalized spacial score (nSPS) is 16.2. The summed E-state index contributed by atoms with van der Waals surface area (Å²) < 4.78 is 4.73. The SMILES string of the molecule is CC(CCc1ccccc1)(O[Si](C)(C)C)C(Cl)(Cl)Cl. The van der Waals surface area contributed by atoms with E-state index in [2.05, 4.69) is 31.8 Å². The summed E-state index contributed by atoms with van der Waals surface area (Å²) in [7, 11) is -1.79. The van der Waals surface area contributed by atoms with Crippen LogP contribution in [0.15, 0.2) is 30.3 Å². The molecule has 0 aliphatic carbocycles. The topological polar surface area (TPSA) is 9.23 Å². The van der Waals surface area contributed by atoms with Crippen molar-refractivity contribution in [2.45, 2.75) is 48.8 Å². The Kier molecular flexibility index (Phi) is 5.80. The Bertz CT molecular complexity index is 397. The number of hydrogen-bond acceptors (Lipinski definition) is 1. The molecule has 1 rings (SSSR count). The van der Waals surface area contributed by atoms with Crippen molar-refractivity contribution in [3.63, 3.8) is 0 Å². The molecule has 1 aromatic rings. The minimum absolute atomic E-state index is 0.678. The summed E-state index contributed by atoms with van der Waals surface area (Å²) in [6.07, 6.45) is 1.51. The van der Waals surface area contributed by atoms with Gasteiger partial charge in [-0.1, -0.05) is 65.1 Å². The summed E-state index contributed by atoms with van der Waals surface area (Å²) in [5.41, 5.74) is 0.458. The number of halogens is 3. The maximum Gasteiger partial charge on any atom is 0.217 e. The van der Waals surface area contributed by atoms with Gasteiger partial charge in [0.05, 0.1) is 0 Å². The van der Waals surface area contributed by atoms with Gasteiger partial charge in [-0.3, -0.25) is 0 Å². The minimum atomic E-state index is -1.79. The average molecular weight is 340 g/mol. The second kappa shape index (κ2) is 6.36. The Morgan fingerprint density at radius 3 is 2.00 bits per heavy atom. The molecule has 0 aromatic heterocycles. The van der Waals surface area contributed by atoms with Crippen molar-refractivity contribution in [2.75, 3.05) is 0 Å². The van der Waals surface area contributed by atoms with Crippen LogP contribution in [-0.4, -0.2) is 17.7 Å². The van der Waals surface area contributed by atoms with Gasteiger partial charge < -0.3 is 4.43 Å². The number of hydrogen-bond donors (Lipinski definition) is 0. The van der Waals surface area contributed by atoms with E-state index < -0.39 is 17.7 Å². The highest BCUT2D eigenvalue weighted by atomic mass is 35.6. The molecule has 19 heavy (non-hydrogen) atoms. The lowest BCUT2D eigenvalue weighted by Gasteiger charge is -2.41. The highest BCUT2D eigenvalue weighted by Gasteiger charge is 2.47. The predicted molar refractivity (Wildman–Crippen MR) is 87.9 cm³/mol. The van der Waals surface area contributed by atoms with Crippen LogP contribution < -0.4 is 0 Å². The van der Waals surface area contributed by atoms with Gasteiger partial charge >= 0.3 is 0 Å². The molecule has 5 heteroatoms. The van der Waals surface area contributed by atoms with E-state index in [0.29, 0.717) is 6.42 Å². The zero-order valence-corrected chi connectivity index (χ0v) is 15.1. The Hall–Kier alpha value is 0.267.